The summed E-state index contributed by atoms with van der Waals surface area (Å²) in [6.07, 6.45) is 2.11. The van der Waals surface area contributed by atoms with E-state index in [1.165, 1.54) is 66.4 Å². The second kappa shape index (κ2) is 11.3. The summed E-state index contributed by atoms with van der Waals surface area (Å²) < 4.78 is 2.40. The Hall–Kier alpha value is -6.32. The Morgan fingerprint density at radius 1 is 0.528 bits per heavy atom. The first kappa shape index (κ1) is 30.3. The lowest BCUT2D eigenvalue weighted by Gasteiger charge is -2.21. The van der Waals surface area contributed by atoms with Crippen LogP contribution in [0.4, 0.5) is 0 Å². The van der Waals surface area contributed by atoms with E-state index < -0.39 is 0 Å². The first-order valence-corrected chi connectivity index (χ1v) is 18.8. The second-order valence-corrected chi connectivity index (χ2v) is 15.3. The number of hydrogen-bond acceptors (Lipinski definition) is 2. The van der Waals surface area contributed by atoms with E-state index in [1.54, 1.807) is 0 Å². The Balaban J connectivity index is 1.16. The van der Waals surface area contributed by atoms with Gasteiger partial charge in [-0.1, -0.05) is 141 Å². The summed E-state index contributed by atoms with van der Waals surface area (Å²) in [5.41, 5.74) is 16.3. The molecule has 2 aliphatic carbocycles. The molecule has 2 heterocycles. The summed E-state index contributed by atoms with van der Waals surface area (Å²) in [5.74, 6) is 2.00. The fourth-order valence-corrected chi connectivity index (χ4v) is 9.55. The fourth-order valence-electron chi connectivity index (χ4n) is 9.55. The zero-order valence-electron chi connectivity index (χ0n) is 29.8. The van der Waals surface area contributed by atoms with Gasteiger partial charge in [-0.15, -0.1) is 0 Å². The molecule has 9 aromatic rings. The summed E-state index contributed by atoms with van der Waals surface area (Å²) in [6.45, 7) is 4.66. The van der Waals surface area contributed by atoms with Gasteiger partial charge in [0, 0.05) is 33.1 Å². The Bertz CT molecular complexity index is 2930. The number of aryl methyl sites for hydroxylation is 1. The lowest BCUT2D eigenvalue weighted by molar-refractivity contribution is 0.660. The van der Waals surface area contributed by atoms with Crippen molar-refractivity contribution in [3.63, 3.8) is 0 Å². The Labute approximate surface area is 309 Å². The van der Waals surface area contributed by atoms with Crippen LogP contribution in [0.5, 0.6) is 0 Å². The van der Waals surface area contributed by atoms with Crippen molar-refractivity contribution in [3.05, 3.63) is 186 Å². The molecule has 2 aliphatic rings. The number of hydrogen-bond donors (Lipinski definition) is 0. The lowest BCUT2D eigenvalue weighted by atomic mass is 9.82. The van der Waals surface area contributed by atoms with E-state index in [1.807, 2.05) is 0 Å². The molecule has 0 spiro atoms. The van der Waals surface area contributed by atoms with Gasteiger partial charge in [-0.25, -0.2) is 9.97 Å². The molecule has 1 unspecified atom stereocenters. The Morgan fingerprint density at radius 2 is 1.23 bits per heavy atom. The average molecular weight is 680 g/mol. The van der Waals surface area contributed by atoms with Gasteiger partial charge in [-0.3, -0.25) is 4.57 Å². The van der Waals surface area contributed by atoms with E-state index in [9.17, 15) is 0 Å². The van der Waals surface area contributed by atoms with Crippen molar-refractivity contribution in [1.82, 2.24) is 14.5 Å². The number of nitrogens with zero attached hydrogens (tertiary/aromatic N) is 3. The van der Waals surface area contributed by atoms with E-state index in [0.717, 1.165) is 46.5 Å². The molecule has 7 aromatic carbocycles. The maximum Gasteiger partial charge on any atom is 0.162 e. The van der Waals surface area contributed by atoms with Crippen molar-refractivity contribution in [2.75, 3.05) is 0 Å². The molecule has 0 N–H and O–H groups in total. The molecule has 0 amide bonds. The largest absolute Gasteiger partial charge is 0.293 e. The third kappa shape index (κ3) is 4.40. The Morgan fingerprint density at radius 3 is 2.11 bits per heavy atom. The highest BCUT2D eigenvalue weighted by atomic mass is 15.1. The zero-order chi connectivity index (χ0) is 35.3. The van der Waals surface area contributed by atoms with Crippen molar-refractivity contribution in [3.8, 4) is 39.5 Å². The van der Waals surface area contributed by atoms with Gasteiger partial charge >= 0.3 is 0 Å². The highest BCUT2D eigenvalue weighted by Gasteiger charge is 2.37. The lowest BCUT2D eigenvalue weighted by Crippen LogP contribution is -2.14. The summed E-state index contributed by atoms with van der Waals surface area (Å²) >= 11 is 0. The van der Waals surface area contributed by atoms with Gasteiger partial charge in [0.15, 0.2) is 5.82 Å². The quantitative estimate of drug-likeness (QED) is 0.181. The summed E-state index contributed by atoms with van der Waals surface area (Å²) in [5, 5.41) is 3.54. The molecule has 0 saturated heterocycles. The van der Waals surface area contributed by atoms with Crippen molar-refractivity contribution in [2.24, 2.45) is 0 Å². The molecule has 2 aromatic heterocycles. The third-order valence-corrected chi connectivity index (χ3v) is 12.1. The predicted octanol–water partition coefficient (Wildman–Crippen LogP) is 12.4. The molecular formula is C50H37N3. The van der Waals surface area contributed by atoms with Gasteiger partial charge in [-0.2, -0.15) is 0 Å². The minimum Gasteiger partial charge on any atom is -0.293 e. The topological polar surface area (TPSA) is 30.7 Å². The van der Waals surface area contributed by atoms with E-state index >= 15 is 0 Å². The normalized spacial score (nSPS) is 15.1. The Kier molecular flexibility index (Phi) is 6.49. The van der Waals surface area contributed by atoms with Crippen molar-refractivity contribution in [1.29, 1.82) is 0 Å². The fraction of sp³-hybridized carbons (Fsp3) is 0.120. The number of aromatic nitrogens is 3. The predicted molar refractivity (Wildman–Crippen MR) is 219 cm³/mol. The highest BCUT2D eigenvalue weighted by Crippen LogP contribution is 2.52. The number of rotatable bonds is 5. The van der Waals surface area contributed by atoms with E-state index in [4.69, 9.17) is 9.97 Å². The summed E-state index contributed by atoms with van der Waals surface area (Å²) in [6, 6.07) is 57.7. The van der Waals surface area contributed by atoms with Crippen LogP contribution in [0.1, 0.15) is 54.0 Å². The molecule has 0 aliphatic heterocycles. The monoisotopic (exact) mass is 679 g/mol. The molecule has 0 bridgehead atoms. The van der Waals surface area contributed by atoms with Gasteiger partial charge in [0.2, 0.25) is 0 Å². The number of benzene rings is 7. The molecule has 252 valence electrons. The van der Waals surface area contributed by atoms with Crippen molar-refractivity contribution in [2.45, 2.75) is 38.0 Å². The van der Waals surface area contributed by atoms with Gasteiger partial charge in [0.25, 0.3) is 0 Å². The number of fused-ring (bicyclic) bond motifs is 10. The van der Waals surface area contributed by atoms with E-state index in [0.29, 0.717) is 5.92 Å². The molecular weight excluding hydrogens is 643 g/mol. The molecule has 0 fully saturated rings. The average Bonchev–Trinajstić information content (AvgIpc) is 3.78. The van der Waals surface area contributed by atoms with Crippen LogP contribution < -0.4 is 0 Å². The molecule has 3 heteroatoms. The van der Waals surface area contributed by atoms with Crippen LogP contribution in [0.25, 0.3) is 72.2 Å². The first-order valence-electron chi connectivity index (χ1n) is 18.8. The van der Waals surface area contributed by atoms with Crippen LogP contribution in [0.2, 0.25) is 0 Å². The highest BCUT2D eigenvalue weighted by molar-refractivity contribution is 6.12. The summed E-state index contributed by atoms with van der Waals surface area (Å²) in [4.78, 5) is 10.9. The van der Waals surface area contributed by atoms with Crippen LogP contribution in [0.3, 0.4) is 0 Å². The zero-order valence-corrected chi connectivity index (χ0v) is 29.8. The first-order chi connectivity index (χ1) is 26.1. The SMILES string of the molecule is CC1(C)c2ccccc2-c2c(-c3nc(-n4c5ccccc5c5cc6c(cc54)-c4ccccc4C6CCc4ccccc4)c4ccccc4n3)cccc21. The molecule has 1 atom stereocenters. The smallest absolute Gasteiger partial charge is 0.162 e. The van der Waals surface area contributed by atoms with Gasteiger partial charge in [0.1, 0.15) is 5.82 Å². The van der Waals surface area contributed by atoms with Crippen LogP contribution in [0.15, 0.2) is 158 Å². The standard InChI is InChI=1S/C50H37N3/c1-50(2)42-23-11-8-20-36(42)47-38(22-14-24-43(47)50)48-51-44-25-12-9-21-37(44)49(52-48)53-45-26-13-10-19-35(45)41-29-39-34(28-27-31-15-4-3-5-16-31)32-17-6-7-18-33(32)40(39)30-46(41)53/h3-26,29-30,34H,27-28H2,1-2H3. The second-order valence-electron chi connectivity index (χ2n) is 15.3. The molecule has 3 nitrogen and oxygen atoms in total. The maximum absolute atomic E-state index is 5.58. The number of para-hydroxylation sites is 2. The minimum atomic E-state index is -0.107. The molecule has 0 radical (unpaired) electrons. The maximum atomic E-state index is 5.58. The van der Waals surface area contributed by atoms with Crippen LogP contribution in [-0.2, 0) is 11.8 Å². The molecule has 11 rings (SSSR count). The van der Waals surface area contributed by atoms with E-state index in [2.05, 4.69) is 176 Å². The van der Waals surface area contributed by atoms with Crippen molar-refractivity contribution < 1.29 is 0 Å². The van der Waals surface area contributed by atoms with E-state index in [-0.39, 0.29) is 5.41 Å². The molecule has 0 saturated carbocycles. The van der Waals surface area contributed by atoms with Crippen LogP contribution in [-0.4, -0.2) is 14.5 Å². The van der Waals surface area contributed by atoms with Gasteiger partial charge in [-0.05, 0) is 93.2 Å². The van der Waals surface area contributed by atoms with Crippen molar-refractivity contribution >= 4 is 32.7 Å². The van der Waals surface area contributed by atoms with Crippen LogP contribution in [0, 0.1) is 0 Å². The third-order valence-electron chi connectivity index (χ3n) is 12.1. The minimum absolute atomic E-state index is 0.107. The molecule has 53 heavy (non-hydrogen) atoms. The summed E-state index contributed by atoms with van der Waals surface area (Å²) in [7, 11) is 0. The van der Waals surface area contributed by atoms with Crippen LogP contribution >= 0.6 is 0 Å². The van der Waals surface area contributed by atoms with Gasteiger partial charge < -0.3 is 0 Å². The van der Waals surface area contributed by atoms with Gasteiger partial charge in [0.05, 0.1) is 16.6 Å².